The van der Waals surface area contributed by atoms with Crippen LogP contribution >= 0.6 is 0 Å². The van der Waals surface area contributed by atoms with Crippen molar-refractivity contribution < 1.29 is 27.4 Å². The van der Waals surface area contributed by atoms with Gasteiger partial charge in [-0.15, -0.1) is 0 Å². The van der Waals surface area contributed by atoms with Gasteiger partial charge in [0.25, 0.3) is 0 Å². The monoisotopic (exact) mass is 608 g/mol. The summed E-state index contributed by atoms with van der Waals surface area (Å²) in [4.78, 5) is 13.8. The summed E-state index contributed by atoms with van der Waals surface area (Å²) in [6.45, 7) is 0. The Kier molecular flexibility index (Phi) is 2.85. The molecule has 9 rings (SSSR count). The van der Waals surface area contributed by atoms with Gasteiger partial charge in [-0.1, -0.05) is 96.7 Å². The van der Waals surface area contributed by atoms with Crippen molar-refractivity contribution >= 4 is 43.6 Å². The van der Waals surface area contributed by atoms with Crippen molar-refractivity contribution in [3.63, 3.8) is 0 Å². The van der Waals surface area contributed by atoms with E-state index in [1.807, 2.05) is 0 Å². The SMILES string of the molecule is [2H]c1c([2H])c([2H])c(-c2nc(-c3ccccc3-n3c4c([2H])c([2H])c([2H])c([2H])c4c4c([2H])c(C#N)c([2H])c([2H])c43)nc(-n3c4c([2H])c([2H])c([2H])c([2H])c4c4c([2H])c([2H])c([2H])c([2H])c43)n2)c([2H])c1[2H]. The number of aromatic nitrogens is 5. The summed E-state index contributed by atoms with van der Waals surface area (Å²) in [5.41, 5.74) is -2.78. The van der Waals surface area contributed by atoms with Gasteiger partial charge in [-0.2, -0.15) is 15.2 Å². The molecule has 6 nitrogen and oxygen atoms in total. The van der Waals surface area contributed by atoms with Crippen LogP contribution in [0.2, 0.25) is 0 Å². The molecule has 9 aromatic rings. The topological polar surface area (TPSA) is 72.3 Å². The van der Waals surface area contributed by atoms with E-state index in [0.29, 0.717) is 0 Å². The minimum atomic E-state index is -0.800. The van der Waals surface area contributed by atoms with E-state index in [4.69, 9.17) is 27.4 Å². The Morgan fingerprint density at radius 1 is 0.543 bits per heavy atom. The van der Waals surface area contributed by atoms with Crippen molar-refractivity contribution in [2.45, 2.75) is 0 Å². The molecule has 0 N–H and O–H groups in total. The van der Waals surface area contributed by atoms with Crippen LogP contribution in [0, 0.1) is 11.3 Å². The third-order valence-corrected chi connectivity index (χ3v) is 7.24. The van der Waals surface area contributed by atoms with Gasteiger partial charge in [-0.25, -0.2) is 4.98 Å². The zero-order valence-electron chi connectivity index (χ0n) is 43.0. The second-order valence-corrected chi connectivity index (χ2v) is 9.73. The average molecular weight is 609 g/mol. The van der Waals surface area contributed by atoms with Crippen LogP contribution in [-0.4, -0.2) is 24.1 Å². The molecule has 0 bridgehead atoms. The lowest BCUT2D eigenvalue weighted by atomic mass is 10.1. The first-order valence-electron chi connectivity index (χ1n) is 23.5. The number of benzene rings is 6. The van der Waals surface area contributed by atoms with E-state index in [0.717, 1.165) is 4.57 Å². The maximum atomic E-state index is 9.96. The summed E-state index contributed by atoms with van der Waals surface area (Å²) < 4.78 is 177. The number of nitrogens with zero attached hydrogens (tertiary/aromatic N) is 6. The highest BCUT2D eigenvalue weighted by atomic mass is 15.2. The zero-order chi connectivity index (χ0) is 48.0. The van der Waals surface area contributed by atoms with Gasteiger partial charge in [0.15, 0.2) is 11.6 Å². The Balaban J connectivity index is 1.52. The fourth-order valence-electron chi connectivity index (χ4n) is 5.35. The third kappa shape index (κ3) is 3.93. The van der Waals surface area contributed by atoms with Crippen LogP contribution in [0.5, 0.6) is 0 Å². The summed E-state index contributed by atoms with van der Waals surface area (Å²) in [6.07, 6.45) is 0. The van der Waals surface area contributed by atoms with Crippen LogP contribution in [0.15, 0.2) is 145 Å². The maximum Gasteiger partial charge on any atom is 0.238 e. The van der Waals surface area contributed by atoms with Gasteiger partial charge >= 0.3 is 0 Å². The number of hydrogen-bond acceptors (Lipinski definition) is 4. The van der Waals surface area contributed by atoms with Gasteiger partial charge in [0.1, 0.15) is 0 Å². The van der Waals surface area contributed by atoms with Crippen molar-refractivity contribution in [3.05, 3.63) is 151 Å². The first kappa shape index (κ1) is 12.8. The summed E-state index contributed by atoms with van der Waals surface area (Å²) >= 11 is 0. The van der Waals surface area contributed by atoms with Gasteiger partial charge < -0.3 is 4.57 Å². The molecule has 0 fully saturated rings. The van der Waals surface area contributed by atoms with E-state index >= 15 is 0 Å². The smallest absolute Gasteiger partial charge is 0.238 e. The first-order valence-corrected chi connectivity index (χ1v) is 13.5. The molecule has 0 aliphatic rings. The third-order valence-electron chi connectivity index (χ3n) is 7.24. The lowest BCUT2D eigenvalue weighted by Crippen LogP contribution is -2.07. The van der Waals surface area contributed by atoms with E-state index in [1.54, 1.807) is 6.07 Å². The molecule has 0 aliphatic heterocycles. The van der Waals surface area contributed by atoms with Crippen LogP contribution in [0.25, 0.3) is 78.0 Å². The van der Waals surface area contributed by atoms with E-state index in [2.05, 4.69) is 15.0 Å². The Hall–Kier alpha value is -6.58. The van der Waals surface area contributed by atoms with Crippen LogP contribution in [0.1, 0.15) is 33.0 Å². The molecule has 0 saturated carbocycles. The highest BCUT2D eigenvalue weighted by molar-refractivity contribution is 6.10. The van der Waals surface area contributed by atoms with Crippen molar-refractivity contribution in [1.82, 2.24) is 24.1 Å². The highest BCUT2D eigenvalue weighted by Crippen LogP contribution is 2.37. The van der Waals surface area contributed by atoms with Crippen molar-refractivity contribution in [3.8, 4) is 40.5 Å². The van der Waals surface area contributed by atoms with Gasteiger partial charge in [0, 0.05) is 32.7 Å². The molecule has 0 spiro atoms. The predicted octanol–water partition coefficient (Wildman–Crippen LogP) is 9.27. The largest absolute Gasteiger partial charge is 0.309 e. The van der Waals surface area contributed by atoms with Crippen LogP contribution in [0.3, 0.4) is 0 Å². The van der Waals surface area contributed by atoms with Gasteiger partial charge in [-0.05, 0) is 48.4 Å². The Morgan fingerprint density at radius 2 is 1.11 bits per heavy atom. The molecule has 0 atom stereocenters. The summed E-state index contributed by atoms with van der Waals surface area (Å²) in [6, 6.07) is -6.98. The molecule has 3 aromatic heterocycles. The molecule has 0 aliphatic carbocycles. The molecular weight excluding hydrogens is 564 g/mol. The molecule has 0 radical (unpaired) electrons. The molecule has 46 heavy (non-hydrogen) atoms. The molecule has 6 aromatic carbocycles. The molecule has 3 heterocycles. The standard InChI is InChI=1S/C40H24N6/c41-25-26-22-23-37-32(24-26)30-16-6-8-18-33(30)45(37)36-21-11-7-17-31(36)39-42-38(27-12-2-1-3-13-27)43-40(44-39)46-34-19-9-4-14-28(34)29-15-5-10-20-35(29)46/h1-24H/i1D,2D,3D,4D,5D,6D,8D,9D,10D,12D,13D,14D,15D,16D,18D,19D,20D,22D,23D,24D. The maximum absolute atomic E-state index is 9.96. The molecule has 0 saturated heterocycles. The quantitative estimate of drug-likeness (QED) is 0.200. The van der Waals surface area contributed by atoms with Crippen LogP contribution in [0.4, 0.5) is 0 Å². The predicted molar refractivity (Wildman–Crippen MR) is 184 cm³/mol. The molecule has 6 heteroatoms. The highest BCUT2D eigenvalue weighted by Gasteiger charge is 2.21. The summed E-state index contributed by atoms with van der Waals surface area (Å²) in [5.74, 6) is -1.73. The van der Waals surface area contributed by atoms with E-state index in [1.165, 1.54) is 28.8 Å². The molecule has 0 amide bonds. The first-order chi connectivity index (χ1) is 31.1. The zero-order valence-corrected chi connectivity index (χ0v) is 23.0. The van der Waals surface area contributed by atoms with E-state index < -0.39 is 161 Å². The number of hydrogen-bond donors (Lipinski definition) is 0. The van der Waals surface area contributed by atoms with Crippen molar-refractivity contribution in [2.75, 3.05) is 0 Å². The lowest BCUT2D eigenvalue weighted by Gasteiger charge is -2.15. The number of para-hydroxylation sites is 4. The van der Waals surface area contributed by atoms with E-state index in [9.17, 15) is 5.26 Å². The summed E-state index contributed by atoms with van der Waals surface area (Å²) in [5, 5.41) is 8.71. The Morgan fingerprint density at radius 3 is 1.80 bits per heavy atom. The van der Waals surface area contributed by atoms with Crippen molar-refractivity contribution in [2.24, 2.45) is 0 Å². The van der Waals surface area contributed by atoms with Gasteiger partial charge in [-0.3, -0.25) is 4.57 Å². The minimum Gasteiger partial charge on any atom is -0.309 e. The minimum absolute atomic E-state index is 0.0882. The Bertz CT molecular complexity index is 3690. The fraction of sp³-hybridized carbons (Fsp3) is 0. The summed E-state index contributed by atoms with van der Waals surface area (Å²) in [7, 11) is 0. The van der Waals surface area contributed by atoms with Crippen molar-refractivity contribution in [1.29, 1.82) is 5.26 Å². The van der Waals surface area contributed by atoms with Gasteiger partial charge in [0.05, 0.1) is 66.8 Å². The van der Waals surface area contributed by atoms with Crippen LogP contribution < -0.4 is 0 Å². The fourth-order valence-corrected chi connectivity index (χ4v) is 5.35. The number of fused-ring (bicyclic) bond motifs is 6. The van der Waals surface area contributed by atoms with Gasteiger partial charge in [0.2, 0.25) is 5.95 Å². The second-order valence-electron chi connectivity index (χ2n) is 9.73. The normalized spacial score (nSPS) is 17.5. The lowest BCUT2D eigenvalue weighted by molar-refractivity contribution is 0.951. The molecular formula is C40H24N6. The number of rotatable bonds is 4. The average Bonchev–Trinajstić information content (AvgIpc) is 3.86. The molecule has 214 valence electrons. The Labute approximate surface area is 292 Å². The molecule has 0 unspecified atom stereocenters. The van der Waals surface area contributed by atoms with Crippen LogP contribution in [-0.2, 0) is 0 Å². The number of nitriles is 1. The second kappa shape index (κ2) is 10.3. The van der Waals surface area contributed by atoms with E-state index in [-0.39, 0.29) is 43.8 Å².